The van der Waals surface area contributed by atoms with Crippen LogP contribution in [0.3, 0.4) is 0 Å². The van der Waals surface area contributed by atoms with Crippen molar-refractivity contribution >= 4 is 5.91 Å². The summed E-state index contributed by atoms with van der Waals surface area (Å²) in [6, 6.07) is 11.7. The van der Waals surface area contributed by atoms with Gasteiger partial charge in [0, 0.05) is 37.2 Å². The van der Waals surface area contributed by atoms with Crippen LogP contribution in [0.1, 0.15) is 44.1 Å². The molecule has 0 unspecified atom stereocenters. The van der Waals surface area contributed by atoms with Crippen LogP contribution in [0.4, 0.5) is 0 Å². The summed E-state index contributed by atoms with van der Waals surface area (Å²) in [5.41, 5.74) is 2.77. The van der Waals surface area contributed by atoms with E-state index in [1.54, 1.807) is 10.7 Å². The van der Waals surface area contributed by atoms with Crippen LogP contribution in [0.2, 0.25) is 0 Å². The second kappa shape index (κ2) is 8.29. The summed E-state index contributed by atoms with van der Waals surface area (Å²) >= 11 is 0. The SMILES string of the molecule is Cc1cc(=O)n(CC2CCN(C(=O)C3CCCC3)CC2)nc1-c1ccccc1. The van der Waals surface area contributed by atoms with Crippen molar-refractivity contribution in [2.75, 3.05) is 13.1 Å². The predicted molar refractivity (Wildman–Crippen MR) is 110 cm³/mol. The Hall–Kier alpha value is -2.43. The van der Waals surface area contributed by atoms with E-state index in [1.165, 1.54) is 12.8 Å². The average molecular weight is 380 g/mol. The number of piperidine rings is 1. The normalized spacial score (nSPS) is 18.5. The first-order valence-corrected chi connectivity index (χ1v) is 10.5. The molecule has 0 atom stereocenters. The Morgan fingerprint density at radius 1 is 1.07 bits per heavy atom. The van der Waals surface area contributed by atoms with E-state index in [9.17, 15) is 9.59 Å². The van der Waals surface area contributed by atoms with Gasteiger partial charge in [-0.15, -0.1) is 0 Å². The van der Waals surface area contributed by atoms with Crippen LogP contribution in [0.5, 0.6) is 0 Å². The fraction of sp³-hybridized carbons (Fsp3) is 0.522. The molecule has 1 amide bonds. The first kappa shape index (κ1) is 18.9. The van der Waals surface area contributed by atoms with E-state index in [2.05, 4.69) is 5.10 Å². The molecule has 5 heteroatoms. The van der Waals surface area contributed by atoms with Crippen LogP contribution in [0.25, 0.3) is 11.3 Å². The molecule has 1 saturated carbocycles. The van der Waals surface area contributed by atoms with Gasteiger partial charge >= 0.3 is 0 Å². The highest BCUT2D eigenvalue weighted by molar-refractivity contribution is 5.79. The standard InChI is InChI=1S/C23H29N3O2/c1-17-15-21(27)26(24-22(17)19-7-3-2-4-8-19)16-18-11-13-25(14-12-18)23(28)20-9-5-6-10-20/h2-4,7-8,15,18,20H,5-6,9-14,16H2,1H3. The largest absolute Gasteiger partial charge is 0.342 e. The van der Waals surface area contributed by atoms with Crippen molar-refractivity contribution in [2.24, 2.45) is 11.8 Å². The molecule has 28 heavy (non-hydrogen) atoms. The molecule has 1 aliphatic heterocycles. The third-order valence-corrected chi connectivity index (χ3v) is 6.30. The highest BCUT2D eigenvalue weighted by atomic mass is 16.2. The van der Waals surface area contributed by atoms with Crippen molar-refractivity contribution in [3.8, 4) is 11.3 Å². The zero-order valence-corrected chi connectivity index (χ0v) is 16.6. The summed E-state index contributed by atoms with van der Waals surface area (Å²) in [6.45, 7) is 4.19. The van der Waals surface area contributed by atoms with Gasteiger partial charge in [0.05, 0.1) is 5.69 Å². The van der Waals surface area contributed by atoms with Crippen LogP contribution < -0.4 is 5.56 Å². The number of carbonyl (C=O) groups excluding carboxylic acids is 1. The number of hydrogen-bond donors (Lipinski definition) is 0. The highest BCUT2D eigenvalue weighted by Crippen LogP contribution is 2.29. The van der Waals surface area contributed by atoms with Crippen molar-refractivity contribution in [1.29, 1.82) is 0 Å². The molecule has 0 N–H and O–H groups in total. The lowest BCUT2D eigenvalue weighted by atomic mass is 9.95. The molecule has 0 spiro atoms. The summed E-state index contributed by atoms with van der Waals surface area (Å²) in [6.07, 6.45) is 6.40. The quantitative estimate of drug-likeness (QED) is 0.815. The summed E-state index contributed by atoms with van der Waals surface area (Å²) in [5.74, 6) is 1.00. The lowest BCUT2D eigenvalue weighted by Crippen LogP contribution is -2.42. The van der Waals surface area contributed by atoms with Crippen molar-refractivity contribution in [2.45, 2.75) is 52.0 Å². The Balaban J connectivity index is 1.42. The number of nitrogens with zero attached hydrogens (tertiary/aromatic N) is 3. The molecule has 2 aliphatic rings. The number of likely N-dealkylation sites (tertiary alicyclic amines) is 1. The highest BCUT2D eigenvalue weighted by Gasteiger charge is 2.30. The van der Waals surface area contributed by atoms with E-state index in [1.807, 2.05) is 42.2 Å². The molecule has 0 bridgehead atoms. The zero-order chi connectivity index (χ0) is 19.5. The third-order valence-electron chi connectivity index (χ3n) is 6.30. The van der Waals surface area contributed by atoms with E-state index < -0.39 is 0 Å². The van der Waals surface area contributed by atoms with E-state index in [0.29, 0.717) is 18.4 Å². The monoisotopic (exact) mass is 379 g/mol. The molecule has 1 aliphatic carbocycles. The number of aryl methyl sites for hydroxylation is 1. The van der Waals surface area contributed by atoms with Gasteiger partial charge in [-0.25, -0.2) is 4.68 Å². The van der Waals surface area contributed by atoms with Gasteiger partial charge < -0.3 is 4.90 Å². The molecule has 5 nitrogen and oxygen atoms in total. The topological polar surface area (TPSA) is 55.2 Å². The summed E-state index contributed by atoms with van der Waals surface area (Å²) in [4.78, 5) is 27.1. The maximum atomic E-state index is 12.6. The second-order valence-corrected chi connectivity index (χ2v) is 8.31. The molecule has 4 rings (SSSR count). The second-order valence-electron chi connectivity index (χ2n) is 8.31. The van der Waals surface area contributed by atoms with E-state index in [4.69, 9.17) is 0 Å². The number of hydrogen-bond acceptors (Lipinski definition) is 3. The third kappa shape index (κ3) is 4.03. The van der Waals surface area contributed by atoms with Gasteiger partial charge in [-0.2, -0.15) is 5.10 Å². The van der Waals surface area contributed by atoms with Crippen molar-refractivity contribution in [3.63, 3.8) is 0 Å². The zero-order valence-electron chi connectivity index (χ0n) is 16.6. The van der Waals surface area contributed by atoms with Crippen LogP contribution in [-0.2, 0) is 11.3 Å². The van der Waals surface area contributed by atoms with Gasteiger partial charge in [0.25, 0.3) is 5.56 Å². The number of aromatic nitrogens is 2. The Morgan fingerprint density at radius 3 is 2.43 bits per heavy atom. The Morgan fingerprint density at radius 2 is 1.75 bits per heavy atom. The van der Waals surface area contributed by atoms with Gasteiger partial charge in [0.1, 0.15) is 0 Å². The lowest BCUT2D eigenvalue weighted by Gasteiger charge is -2.33. The van der Waals surface area contributed by atoms with Gasteiger partial charge in [-0.3, -0.25) is 9.59 Å². The molecule has 1 saturated heterocycles. The molecule has 1 aromatic heterocycles. The summed E-state index contributed by atoms with van der Waals surface area (Å²) < 4.78 is 1.62. The van der Waals surface area contributed by atoms with E-state index in [0.717, 1.165) is 55.6 Å². The molecule has 1 aromatic carbocycles. The predicted octanol–water partition coefficient (Wildman–Crippen LogP) is 3.65. The minimum Gasteiger partial charge on any atom is -0.342 e. The van der Waals surface area contributed by atoms with Crippen LogP contribution in [0, 0.1) is 18.8 Å². The fourth-order valence-electron chi connectivity index (χ4n) is 4.60. The van der Waals surface area contributed by atoms with Crippen molar-refractivity contribution in [1.82, 2.24) is 14.7 Å². The van der Waals surface area contributed by atoms with Gasteiger partial charge in [0.2, 0.25) is 5.91 Å². The molecule has 148 valence electrons. The molecule has 2 heterocycles. The number of carbonyl (C=O) groups is 1. The number of benzene rings is 1. The molecule has 2 fully saturated rings. The van der Waals surface area contributed by atoms with E-state index in [-0.39, 0.29) is 11.5 Å². The average Bonchev–Trinajstić information content (AvgIpc) is 3.25. The molecular weight excluding hydrogens is 350 g/mol. The fourth-order valence-corrected chi connectivity index (χ4v) is 4.60. The number of rotatable bonds is 4. The molecule has 2 aromatic rings. The van der Waals surface area contributed by atoms with Crippen LogP contribution >= 0.6 is 0 Å². The maximum Gasteiger partial charge on any atom is 0.267 e. The Labute approximate surface area is 166 Å². The minimum absolute atomic E-state index is 0.0401. The van der Waals surface area contributed by atoms with Gasteiger partial charge in [-0.05, 0) is 44.1 Å². The Kier molecular flexibility index (Phi) is 5.60. The van der Waals surface area contributed by atoms with E-state index >= 15 is 0 Å². The minimum atomic E-state index is -0.0401. The lowest BCUT2D eigenvalue weighted by molar-refractivity contribution is -0.136. The van der Waals surface area contributed by atoms with Crippen molar-refractivity contribution in [3.05, 3.63) is 52.3 Å². The molecule has 0 radical (unpaired) electrons. The van der Waals surface area contributed by atoms with Crippen LogP contribution in [-0.4, -0.2) is 33.7 Å². The smallest absolute Gasteiger partial charge is 0.267 e. The first-order chi connectivity index (χ1) is 13.6. The van der Waals surface area contributed by atoms with Gasteiger partial charge in [0.15, 0.2) is 0 Å². The van der Waals surface area contributed by atoms with Crippen molar-refractivity contribution < 1.29 is 4.79 Å². The number of amides is 1. The molecular formula is C23H29N3O2. The Bertz CT molecular complexity index is 876. The summed E-state index contributed by atoms with van der Waals surface area (Å²) in [5, 5.41) is 4.68. The summed E-state index contributed by atoms with van der Waals surface area (Å²) in [7, 11) is 0. The van der Waals surface area contributed by atoms with Crippen LogP contribution in [0.15, 0.2) is 41.2 Å². The first-order valence-electron chi connectivity index (χ1n) is 10.5. The van der Waals surface area contributed by atoms with Gasteiger partial charge in [-0.1, -0.05) is 43.2 Å². The maximum absolute atomic E-state index is 12.6.